The van der Waals surface area contributed by atoms with E-state index in [2.05, 4.69) is 36.4 Å². The molecule has 1 atom stereocenters. The van der Waals surface area contributed by atoms with Gasteiger partial charge in [-0.05, 0) is 52.4 Å². The molecule has 0 bridgehead atoms. The molecule has 2 aromatic heterocycles. The molecule has 0 aliphatic heterocycles. The number of aromatic nitrogens is 6. The zero-order chi connectivity index (χ0) is 26.5. The van der Waals surface area contributed by atoms with Gasteiger partial charge in [0.25, 0.3) is 0 Å². The van der Waals surface area contributed by atoms with Crippen molar-refractivity contribution in [3.63, 3.8) is 0 Å². The zero-order valence-electron chi connectivity index (χ0n) is 19.7. The molecule has 5 aromatic rings. The van der Waals surface area contributed by atoms with Crippen molar-refractivity contribution in [1.29, 1.82) is 0 Å². The number of hydrogen-bond donors (Lipinski definition) is 3. The smallest absolute Gasteiger partial charge is 0.248 e. The molecule has 38 heavy (non-hydrogen) atoms. The molecule has 10 nitrogen and oxygen atoms in total. The molecule has 0 fully saturated rings. The van der Waals surface area contributed by atoms with Gasteiger partial charge in [0.05, 0.1) is 16.2 Å². The fraction of sp³-hybridized carbons (Fsp3) is 0.0769. The number of rotatable bonds is 8. The van der Waals surface area contributed by atoms with Crippen LogP contribution in [0.25, 0.3) is 22.7 Å². The number of anilines is 1. The molecule has 5 rings (SSSR count). The summed E-state index contributed by atoms with van der Waals surface area (Å²) in [5, 5.41) is 25.4. The Bertz CT molecular complexity index is 1620. The van der Waals surface area contributed by atoms with Crippen LogP contribution in [0.4, 0.5) is 5.82 Å². The highest BCUT2D eigenvalue weighted by Crippen LogP contribution is 2.26. The molecule has 2 heterocycles. The first kappa shape index (κ1) is 25.1. The Hall–Kier alpha value is -4.54. The number of benzene rings is 3. The van der Waals surface area contributed by atoms with E-state index in [1.807, 2.05) is 30.3 Å². The third-order valence-electron chi connectivity index (χ3n) is 5.71. The normalized spacial score (nSPS) is 12.1. The topological polar surface area (TPSA) is 130 Å². The van der Waals surface area contributed by atoms with E-state index < -0.39 is 17.9 Å². The van der Waals surface area contributed by atoms with Crippen LogP contribution < -0.4 is 10.6 Å². The van der Waals surface area contributed by atoms with Gasteiger partial charge in [-0.25, -0.2) is 0 Å². The number of aromatic amines is 1. The van der Waals surface area contributed by atoms with Crippen LogP contribution in [0.2, 0.25) is 10.0 Å². The predicted molar refractivity (Wildman–Crippen MR) is 145 cm³/mol. The summed E-state index contributed by atoms with van der Waals surface area (Å²) in [5.41, 5.74) is 2.73. The van der Waals surface area contributed by atoms with E-state index in [-0.39, 0.29) is 6.42 Å². The van der Waals surface area contributed by atoms with Crippen LogP contribution in [-0.2, 0) is 16.0 Å². The maximum Gasteiger partial charge on any atom is 0.248 e. The summed E-state index contributed by atoms with van der Waals surface area (Å²) < 4.78 is 1.46. The Morgan fingerprint density at radius 3 is 2.68 bits per heavy atom. The largest absolute Gasteiger partial charge is 0.340 e. The fourth-order valence-electron chi connectivity index (χ4n) is 3.89. The molecule has 0 radical (unpaired) electrons. The number of amides is 2. The highest BCUT2D eigenvalue weighted by molar-refractivity contribution is 6.35. The van der Waals surface area contributed by atoms with Crippen LogP contribution in [0.15, 0.2) is 79.1 Å². The van der Waals surface area contributed by atoms with Crippen molar-refractivity contribution in [2.45, 2.75) is 12.5 Å². The second-order valence-corrected chi connectivity index (χ2v) is 9.11. The first-order chi connectivity index (χ1) is 18.5. The van der Waals surface area contributed by atoms with Crippen molar-refractivity contribution in [2.24, 2.45) is 0 Å². The van der Waals surface area contributed by atoms with Gasteiger partial charge in [0, 0.05) is 28.5 Å². The second-order valence-electron chi connectivity index (χ2n) is 8.27. The molecule has 0 aliphatic rings. The van der Waals surface area contributed by atoms with Gasteiger partial charge in [0.1, 0.15) is 12.4 Å². The van der Waals surface area contributed by atoms with Crippen LogP contribution in [-0.4, -0.2) is 48.3 Å². The molecule has 0 spiro atoms. The standard InChI is InChI=1S/C26H20Cl2N8O2/c27-18-10-11-22(36-15-29-34-35-36)17(14-18)9-12-23(37)30-21(13-16-5-2-1-3-6-16)26(38)31-25-19-7-4-8-20(28)24(19)32-33-25/h1-12,14-15,21H,13H2,(H,30,37)(H2,31,32,33,38). The lowest BCUT2D eigenvalue weighted by Gasteiger charge is -2.17. The Kier molecular flexibility index (Phi) is 7.43. The molecule has 2 amide bonds. The number of hydrogen-bond acceptors (Lipinski definition) is 6. The van der Waals surface area contributed by atoms with E-state index in [1.165, 1.54) is 17.1 Å². The highest BCUT2D eigenvalue weighted by atomic mass is 35.5. The lowest BCUT2D eigenvalue weighted by molar-refractivity contribution is -0.123. The molecule has 0 saturated heterocycles. The minimum atomic E-state index is -0.890. The summed E-state index contributed by atoms with van der Waals surface area (Å²) in [5.74, 6) is -0.583. The molecule has 1 unspecified atom stereocenters. The predicted octanol–water partition coefficient (Wildman–Crippen LogP) is 4.22. The number of fused-ring (bicyclic) bond motifs is 1. The van der Waals surface area contributed by atoms with Crippen LogP contribution in [0, 0.1) is 0 Å². The zero-order valence-corrected chi connectivity index (χ0v) is 21.2. The Morgan fingerprint density at radius 2 is 1.89 bits per heavy atom. The van der Waals surface area contributed by atoms with E-state index >= 15 is 0 Å². The molecule has 12 heteroatoms. The van der Waals surface area contributed by atoms with E-state index in [1.54, 1.807) is 42.5 Å². The highest BCUT2D eigenvalue weighted by Gasteiger charge is 2.22. The van der Waals surface area contributed by atoms with E-state index in [9.17, 15) is 9.59 Å². The number of nitrogens with one attached hydrogen (secondary N) is 3. The lowest BCUT2D eigenvalue weighted by Crippen LogP contribution is -2.44. The number of carbonyl (C=O) groups excluding carboxylic acids is 2. The van der Waals surface area contributed by atoms with Crippen molar-refractivity contribution in [1.82, 2.24) is 35.7 Å². The molecule has 190 valence electrons. The maximum absolute atomic E-state index is 13.3. The summed E-state index contributed by atoms with van der Waals surface area (Å²) in [6, 6.07) is 18.9. The second kappa shape index (κ2) is 11.2. The number of halogens is 2. The minimum absolute atomic E-state index is 0.266. The molecular weight excluding hydrogens is 527 g/mol. The molecule has 0 saturated carbocycles. The van der Waals surface area contributed by atoms with Crippen molar-refractivity contribution in [3.8, 4) is 5.69 Å². The van der Waals surface area contributed by atoms with Crippen molar-refractivity contribution >= 4 is 57.8 Å². The van der Waals surface area contributed by atoms with Gasteiger partial charge in [0.2, 0.25) is 11.8 Å². The van der Waals surface area contributed by atoms with Gasteiger partial charge in [-0.1, -0.05) is 59.6 Å². The number of para-hydroxylation sites is 1. The van der Waals surface area contributed by atoms with Crippen LogP contribution in [0.1, 0.15) is 11.1 Å². The maximum atomic E-state index is 13.3. The van der Waals surface area contributed by atoms with Gasteiger partial charge in [0.15, 0.2) is 5.82 Å². The summed E-state index contributed by atoms with van der Waals surface area (Å²) in [6.45, 7) is 0. The number of nitrogens with zero attached hydrogens (tertiary/aromatic N) is 5. The van der Waals surface area contributed by atoms with Crippen LogP contribution in [0.5, 0.6) is 0 Å². The summed E-state index contributed by atoms with van der Waals surface area (Å²) in [7, 11) is 0. The average molecular weight is 547 g/mol. The van der Waals surface area contributed by atoms with Gasteiger partial charge in [-0.15, -0.1) is 5.10 Å². The Balaban J connectivity index is 1.37. The van der Waals surface area contributed by atoms with Crippen LogP contribution in [0.3, 0.4) is 0 Å². The SMILES string of the molecule is O=C(C=Cc1cc(Cl)ccc1-n1cnnn1)NC(Cc1ccccc1)C(=O)Nc1n[nH]c2c(Cl)cccc12. The van der Waals surface area contributed by atoms with Gasteiger partial charge in [-0.3, -0.25) is 14.7 Å². The first-order valence-corrected chi connectivity index (χ1v) is 12.2. The average Bonchev–Trinajstić information content (AvgIpc) is 3.59. The van der Waals surface area contributed by atoms with Gasteiger partial charge in [-0.2, -0.15) is 9.78 Å². The van der Waals surface area contributed by atoms with Gasteiger partial charge >= 0.3 is 0 Å². The van der Waals surface area contributed by atoms with E-state index in [0.717, 1.165) is 5.56 Å². The first-order valence-electron chi connectivity index (χ1n) is 11.5. The Morgan fingerprint density at radius 1 is 1.05 bits per heavy atom. The quantitative estimate of drug-likeness (QED) is 0.250. The third kappa shape index (κ3) is 5.72. The summed E-state index contributed by atoms with van der Waals surface area (Å²) >= 11 is 12.4. The van der Waals surface area contributed by atoms with E-state index in [0.29, 0.717) is 38.0 Å². The molecule has 0 aliphatic carbocycles. The van der Waals surface area contributed by atoms with Crippen LogP contribution >= 0.6 is 23.2 Å². The van der Waals surface area contributed by atoms with Gasteiger partial charge < -0.3 is 10.6 Å². The third-order valence-corrected chi connectivity index (χ3v) is 6.26. The van der Waals surface area contributed by atoms with Crippen molar-refractivity contribution < 1.29 is 9.59 Å². The van der Waals surface area contributed by atoms with Crippen molar-refractivity contribution in [2.75, 3.05) is 5.32 Å². The molecule has 3 N–H and O–H groups in total. The number of H-pyrrole nitrogens is 1. The van der Waals surface area contributed by atoms with E-state index in [4.69, 9.17) is 23.2 Å². The Labute approximate surface area is 226 Å². The van der Waals surface area contributed by atoms with Crippen molar-refractivity contribution in [3.05, 3.63) is 100 Å². The monoisotopic (exact) mass is 546 g/mol. The lowest BCUT2D eigenvalue weighted by atomic mass is 10.0. The summed E-state index contributed by atoms with van der Waals surface area (Å²) in [6.07, 6.45) is 4.61. The number of carbonyl (C=O) groups is 2. The fourth-order valence-corrected chi connectivity index (χ4v) is 4.29. The minimum Gasteiger partial charge on any atom is -0.340 e. The number of tetrazole rings is 1. The summed E-state index contributed by atoms with van der Waals surface area (Å²) in [4.78, 5) is 26.3. The molecular formula is C26H20Cl2N8O2. The molecule has 3 aromatic carbocycles.